The van der Waals surface area contributed by atoms with E-state index in [1.165, 1.54) is 6.92 Å². The van der Waals surface area contributed by atoms with Crippen LogP contribution in [0.15, 0.2) is 54.6 Å². The molecule has 0 fully saturated rings. The van der Waals surface area contributed by atoms with Crippen molar-refractivity contribution in [1.82, 2.24) is 0 Å². The normalized spacial score (nSPS) is 10.0. The minimum atomic E-state index is -0.157. The maximum atomic E-state index is 12.1. The maximum Gasteiger partial charge on any atom is 0.243 e. The number of likely N-dealkylation sites (N-methyl/N-ethyl adjacent to an activating group) is 1. The molecular formula is C17H18N2O2. The first kappa shape index (κ1) is 14.8. The SMILES string of the molecule is CC(=O)c1ccccc1NC(=O)CN(C)c1ccccc1. The van der Waals surface area contributed by atoms with E-state index in [2.05, 4.69) is 5.32 Å². The predicted molar refractivity (Wildman–Crippen MR) is 84.8 cm³/mol. The molecule has 0 saturated carbocycles. The number of rotatable bonds is 5. The monoisotopic (exact) mass is 282 g/mol. The lowest BCUT2D eigenvalue weighted by molar-refractivity contribution is -0.114. The summed E-state index contributed by atoms with van der Waals surface area (Å²) in [5.74, 6) is -0.225. The smallest absolute Gasteiger partial charge is 0.243 e. The molecule has 0 aliphatic carbocycles. The van der Waals surface area contributed by atoms with Crippen molar-refractivity contribution in [3.05, 3.63) is 60.2 Å². The summed E-state index contributed by atoms with van der Waals surface area (Å²) in [6, 6.07) is 16.7. The molecular weight excluding hydrogens is 264 g/mol. The van der Waals surface area contributed by atoms with Crippen LogP contribution in [0.3, 0.4) is 0 Å². The van der Waals surface area contributed by atoms with Crippen molar-refractivity contribution < 1.29 is 9.59 Å². The quantitative estimate of drug-likeness (QED) is 0.858. The second-order valence-electron chi connectivity index (χ2n) is 4.84. The topological polar surface area (TPSA) is 49.4 Å². The number of ketones is 1. The molecule has 0 aliphatic heterocycles. The average Bonchev–Trinajstić information content (AvgIpc) is 2.48. The third-order valence-corrected chi connectivity index (χ3v) is 3.16. The van der Waals surface area contributed by atoms with E-state index in [1.807, 2.05) is 42.3 Å². The van der Waals surface area contributed by atoms with Gasteiger partial charge in [-0.3, -0.25) is 9.59 Å². The van der Waals surface area contributed by atoms with Crippen LogP contribution in [-0.2, 0) is 4.79 Å². The van der Waals surface area contributed by atoms with Crippen molar-refractivity contribution >= 4 is 23.1 Å². The number of para-hydroxylation sites is 2. The van der Waals surface area contributed by atoms with Gasteiger partial charge in [-0.05, 0) is 31.2 Å². The zero-order valence-corrected chi connectivity index (χ0v) is 12.2. The summed E-state index contributed by atoms with van der Waals surface area (Å²) in [5.41, 5.74) is 2.04. The largest absolute Gasteiger partial charge is 0.365 e. The highest BCUT2D eigenvalue weighted by atomic mass is 16.2. The molecule has 0 aromatic heterocycles. The second-order valence-corrected chi connectivity index (χ2v) is 4.84. The summed E-state index contributed by atoms with van der Waals surface area (Å²) >= 11 is 0. The number of amides is 1. The highest BCUT2D eigenvalue weighted by molar-refractivity contribution is 6.04. The Hall–Kier alpha value is -2.62. The van der Waals surface area contributed by atoms with Crippen LogP contribution in [0.2, 0.25) is 0 Å². The molecule has 0 aliphatic rings. The van der Waals surface area contributed by atoms with Crippen molar-refractivity contribution in [2.75, 3.05) is 23.8 Å². The third-order valence-electron chi connectivity index (χ3n) is 3.16. The van der Waals surface area contributed by atoms with E-state index in [1.54, 1.807) is 24.3 Å². The Labute approximate surface area is 124 Å². The van der Waals surface area contributed by atoms with Crippen LogP contribution in [0.1, 0.15) is 17.3 Å². The first-order chi connectivity index (χ1) is 10.1. The lowest BCUT2D eigenvalue weighted by Crippen LogP contribution is -2.30. The zero-order chi connectivity index (χ0) is 15.2. The molecule has 0 bridgehead atoms. The van der Waals surface area contributed by atoms with Gasteiger partial charge >= 0.3 is 0 Å². The summed E-state index contributed by atoms with van der Waals surface area (Å²) < 4.78 is 0. The number of nitrogens with zero attached hydrogens (tertiary/aromatic N) is 1. The Balaban J connectivity index is 2.04. The zero-order valence-electron chi connectivity index (χ0n) is 12.2. The Morgan fingerprint density at radius 1 is 1.00 bits per heavy atom. The van der Waals surface area contributed by atoms with Gasteiger partial charge in [0.1, 0.15) is 0 Å². The van der Waals surface area contributed by atoms with Crippen LogP contribution in [-0.4, -0.2) is 25.3 Å². The second kappa shape index (κ2) is 6.70. The van der Waals surface area contributed by atoms with Crippen molar-refractivity contribution in [3.63, 3.8) is 0 Å². The molecule has 0 heterocycles. The molecule has 0 spiro atoms. The van der Waals surface area contributed by atoms with E-state index in [0.29, 0.717) is 11.3 Å². The van der Waals surface area contributed by atoms with E-state index < -0.39 is 0 Å². The molecule has 0 unspecified atom stereocenters. The van der Waals surface area contributed by atoms with Crippen LogP contribution in [0.25, 0.3) is 0 Å². The van der Waals surface area contributed by atoms with Crippen molar-refractivity contribution in [1.29, 1.82) is 0 Å². The molecule has 21 heavy (non-hydrogen) atoms. The molecule has 2 aromatic carbocycles. The minimum Gasteiger partial charge on any atom is -0.365 e. The molecule has 4 nitrogen and oxygen atoms in total. The number of anilines is 2. The molecule has 108 valence electrons. The molecule has 4 heteroatoms. The lowest BCUT2D eigenvalue weighted by atomic mass is 10.1. The molecule has 0 saturated heterocycles. The first-order valence-electron chi connectivity index (χ1n) is 6.74. The maximum absolute atomic E-state index is 12.1. The summed E-state index contributed by atoms with van der Waals surface area (Å²) in [6.45, 7) is 1.71. The van der Waals surface area contributed by atoms with Crippen LogP contribution in [0, 0.1) is 0 Å². The number of hydrogen-bond acceptors (Lipinski definition) is 3. The Kier molecular flexibility index (Phi) is 4.72. The minimum absolute atomic E-state index is 0.0673. The molecule has 0 atom stereocenters. The summed E-state index contributed by atoms with van der Waals surface area (Å²) in [7, 11) is 1.85. The number of carbonyl (C=O) groups is 2. The Morgan fingerprint density at radius 2 is 1.62 bits per heavy atom. The molecule has 1 amide bonds. The first-order valence-corrected chi connectivity index (χ1v) is 6.74. The number of hydrogen-bond donors (Lipinski definition) is 1. The fraction of sp³-hybridized carbons (Fsp3) is 0.176. The highest BCUT2D eigenvalue weighted by Gasteiger charge is 2.11. The van der Waals surface area contributed by atoms with Crippen molar-refractivity contribution in [2.45, 2.75) is 6.92 Å². The molecule has 2 aromatic rings. The van der Waals surface area contributed by atoms with Gasteiger partial charge in [-0.1, -0.05) is 30.3 Å². The van der Waals surface area contributed by atoms with E-state index in [4.69, 9.17) is 0 Å². The fourth-order valence-electron chi connectivity index (χ4n) is 2.08. The predicted octanol–water partition coefficient (Wildman–Crippen LogP) is 2.96. The molecule has 1 N–H and O–H groups in total. The van der Waals surface area contributed by atoms with Crippen molar-refractivity contribution in [2.24, 2.45) is 0 Å². The van der Waals surface area contributed by atoms with Gasteiger partial charge < -0.3 is 10.2 Å². The number of benzene rings is 2. The average molecular weight is 282 g/mol. The van der Waals surface area contributed by atoms with E-state index in [0.717, 1.165) is 5.69 Å². The fourth-order valence-corrected chi connectivity index (χ4v) is 2.08. The lowest BCUT2D eigenvalue weighted by Gasteiger charge is -2.19. The van der Waals surface area contributed by atoms with Crippen LogP contribution in [0.4, 0.5) is 11.4 Å². The highest BCUT2D eigenvalue weighted by Crippen LogP contribution is 2.16. The van der Waals surface area contributed by atoms with Gasteiger partial charge in [-0.2, -0.15) is 0 Å². The molecule has 2 rings (SSSR count). The van der Waals surface area contributed by atoms with Crippen LogP contribution >= 0.6 is 0 Å². The van der Waals surface area contributed by atoms with Gasteiger partial charge in [0, 0.05) is 18.3 Å². The summed E-state index contributed by atoms with van der Waals surface area (Å²) in [5, 5.41) is 2.79. The van der Waals surface area contributed by atoms with Gasteiger partial charge in [-0.25, -0.2) is 0 Å². The van der Waals surface area contributed by atoms with Gasteiger partial charge in [0.25, 0.3) is 0 Å². The standard InChI is InChI=1S/C17H18N2O2/c1-13(20)15-10-6-7-11-16(15)18-17(21)12-19(2)14-8-4-3-5-9-14/h3-11H,12H2,1-2H3,(H,18,21). The van der Waals surface area contributed by atoms with E-state index in [9.17, 15) is 9.59 Å². The number of nitrogens with one attached hydrogen (secondary N) is 1. The van der Waals surface area contributed by atoms with Crippen LogP contribution in [0.5, 0.6) is 0 Å². The number of carbonyl (C=O) groups excluding carboxylic acids is 2. The van der Waals surface area contributed by atoms with E-state index >= 15 is 0 Å². The van der Waals surface area contributed by atoms with Gasteiger partial charge in [0.15, 0.2) is 5.78 Å². The van der Waals surface area contributed by atoms with Crippen molar-refractivity contribution in [3.8, 4) is 0 Å². The van der Waals surface area contributed by atoms with Gasteiger partial charge in [0.05, 0.1) is 12.2 Å². The number of Topliss-reactive ketones (excluding diaryl/α,β-unsaturated/α-hetero) is 1. The Bertz CT molecular complexity index is 638. The van der Waals surface area contributed by atoms with Gasteiger partial charge in [0.2, 0.25) is 5.91 Å². The summed E-state index contributed by atoms with van der Waals surface area (Å²) in [6.07, 6.45) is 0. The van der Waals surface area contributed by atoms with Crippen LogP contribution < -0.4 is 10.2 Å². The molecule has 0 radical (unpaired) electrons. The third kappa shape index (κ3) is 3.92. The summed E-state index contributed by atoms with van der Waals surface area (Å²) in [4.78, 5) is 25.5. The van der Waals surface area contributed by atoms with E-state index in [-0.39, 0.29) is 18.2 Å². The van der Waals surface area contributed by atoms with Gasteiger partial charge in [-0.15, -0.1) is 0 Å². The Morgan fingerprint density at radius 3 is 2.29 bits per heavy atom.